The summed E-state index contributed by atoms with van der Waals surface area (Å²) in [6, 6.07) is 13.7. The van der Waals surface area contributed by atoms with E-state index in [1.165, 1.54) is 0 Å². The molecule has 88 valence electrons. The van der Waals surface area contributed by atoms with E-state index in [2.05, 4.69) is 9.97 Å². The van der Waals surface area contributed by atoms with Crippen molar-refractivity contribution >= 4 is 10.9 Å². The van der Waals surface area contributed by atoms with Crippen LogP contribution in [0.4, 0.5) is 0 Å². The second kappa shape index (κ2) is 4.00. The number of para-hydroxylation sites is 1. The predicted molar refractivity (Wildman–Crippen MR) is 69.5 cm³/mol. The molecule has 0 bridgehead atoms. The molecule has 0 unspecified atom stereocenters. The van der Waals surface area contributed by atoms with E-state index in [0.717, 1.165) is 5.56 Å². The summed E-state index contributed by atoms with van der Waals surface area (Å²) in [6.45, 7) is 0. The molecule has 0 saturated heterocycles. The van der Waals surface area contributed by atoms with Crippen molar-refractivity contribution in [2.24, 2.45) is 0 Å². The van der Waals surface area contributed by atoms with Crippen LogP contribution in [0.1, 0.15) is 0 Å². The van der Waals surface area contributed by atoms with Gasteiger partial charge in [0.25, 0.3) is 5.56 Å². The number of phenolic OH excluding ortho intramolecular Hbond substituents is 1. The maximum atomic E-state index is 11.9. The van der Waals surface area contributed by atoms with Gasteiger partial charge in [0.05, 0.1) is 10.9 Å². The Morgan fingerprint density at radius 3 is 2.50 bits per heavy atom. The van der Waals surface area contributed by atoms with Crippen LogP contribution in [0.25, 0.3) is 22.3 Å². The highest BCUT2D eigenvalue weighted by Gasteiger charge is 2.05. The van der Waals surface area contributed by atoms with Crippen molar-refractivity contribution in [3.05, 3.63) is 58.9 Å². The third-order valence-electron chi connectivity index (χ3n) is 2.75. The average molecular weight is 238 g/mol. The van der Waals surface area contributed by atoms with E-state index >= 15 is 0 Å². The van der Waals surface area contributed by atoms with Gasteiger partial charge in [-0.25, -0.2) is 4.98 Å². The molecule has 4 heteroatoms. The van der Waals surface area contributed by atoms with Gasteiger partial charge in [0.1, 0.15) is 11.6 Å². The predicted octanol–water partition coefficient (Wildman–Crippen LogP) is 2.30. The van der Waals surface area contributed by atoms with Crippen LogP contribution in [0.5, 0.6) is 5.75 Å². The number of nitrogens with zero attached hydrogens (tertiary/aromatic N) is 1. The number of aromatic amines is 1. The van der Waals surface area contributed by atoms with Crippen LogP contribution in [0.2, 0.25) is 0 Å². The standard InChI is InChI=1S/C14H10N2O2/c17-10-7-5-9(6-8-10)13-15-12-4-2-1-3-11(12)14(18)16-13/h1-8,17H,(H,15,16,18). The zero-order valence-electron chi connectivity index (χ0n) is 9.42. The summed E-state index contributed by atoms with van der Waals surface area (Å²) in [7, 11) is 0. The minimum absolute atomic E-state index is 0.163. The first-order valence-electron chi connectivity index (χ1n) is 5.52. The van der Waals surface area contributed by atoms with Gasteiger partial charge >= 0.3 is 0 Å². The highest BCUT2D eigenvalue weighted by Crippen LogP contribution is 2.18. The summed E-state index contributed by atoms with van der Waals surface area (Å²) in [5.74, 6) is 0.681. The molecule has 1 heterocycles. The van der Waals surface area contributed by atoms with E-state index < -0.39 is 0 Å². The quantitative estimate of drug-likeness (QED) is 0.683. The minimum Gasteiger partial charge on any atom is -0.508 e. The monoisotopic (exact) mass is 238 g/mol. The Morgan fingerprint density at radius 2 is 1.72 bits per heavy atom. The first-order valence-corrected chi connectivity index (χ1v) is 5.52. The van der Waals surface area contributed by atoms with Gasteiger partial charge in [-0.3, -0.25) is 4.79 Å². The lowest BCUT2D eigenvalue weighted by Crippen LogP contribution is -2.09. The van der Waals surface area contributed by atoms with E-state index in [1.807, 2.05) is 6.07 Å². The van der Waals surface area contributed by atoms with Gasteiger partial charge in [0.15, 0.2) is 0 Å². The molecule has 3 aromatic rings. The summed E-state index contributed by atoms with van der Waals surface area (Å²) >= 11 is 0. The van der Waals surface area contributed by atoms with Gasteiger partial charge < -0.3 is 10.1 Å². The number of rotatable bonds is 1. The maximum absolute atomic E-state index is 11.9. The Morgan fingerprint density at radius 1 is 1.00 bits per heavy atom. The van der Waals surface area contributed by atoms with Crippen LogP contribution < -0.4 is 5.56 Å². The minimum atomic E-state index is -0.163. The molecule has 0 radical (unpaired) electrons. The van der Waals surface area contributed by atoms with Gasteiger partial charge in [-0.15, -0.1) is 0 Å². The molecule has 0 atom stereocenters. The fourth-order valence-corrected chi connectivity index (χ4v) is 1.84. The summed E-state index contributed by atoms with van der Waals surface area (Å²) in [6.07, 6.45) is 0. The molecule has 0 spiro atoms. The lowest BCUT2D eigenvalue weighted by molar-refractivity contribution is 0.475. The number of aromatic hydroxyl groups is 1. The van der Waals surface area contributed by atoms with E-state index in [-0.39, 0.29) is 11.3 Å². The van der Waals surface area contributed by atoms with Gasteiger partial charge in [-0.05, 0) is 36.4 Å². The van der Waals surface area contributed by atoms with Crippen molar-refractivity contribution in [2.45, 2.75) is 0 Å². The first-order chi connectivity index (χ1) is 8.74. The second-order valence-corrected chi connectivity index (χ2v) is 3.98. The molecule has 4 nitrogen and oxygen atoms in total. The largest absolute Gasteiger partial charge is 0.508 e. The van der Waals surface area contributed by atoms with E-state index in [9.17, 15) is 9.90 Å². The average Bonchev–Trinajstić information content (AvgIpc) is 2.39. The number of aromatic nitrogens is 2. The van der Waals surface area contributed by atoms with E-state index in [4.69, 9.17) is 0 Å². The highest BCUT2D eigenvalue weighted by atomic mass is 16.3. The second-order valence-electron chi connectivity index (χ2n) is 3.98. The smallest absolute Gasteiger partial charge is 0.259 e. The molecule has 0 saturated carbocycles. The number of hydrogen-bond donors (Lipinski definition) is 2. The molecule has 0 aliphatic rings. The molecule has 2 aromatic carbocycles. The molecule has 0 aliphatic carbocycles. The number of nitrogens with one attached hydrogen (secondary N) is 1. The molecule has 3 rings (SSSR count). The van der Waals surface area contributed by atoms with Gasteiger partial charge in [-0.2, -0.15) is 0 Å². The molecular weight excluding hydrogens is 228 g/mol. The lowest BCUT2D eigenvalue weighted by Gasteiger charge is -2.03. The molecule has 0 fully saturated rings. The molecule has 1 aromatic heterocycles. The fraction of sp³-hybridized carbons (Fsp3) is 0. The van der Waals surface area contributed by atoms with Crippen LogP contribution in [0.15, 0.2) is 53.3 Å². The van der Waals surface area contributed by atoms with Crippen molar-refractivity contribution in [1.82, 2.24) is 9.97 Å². The van der Waals surface area contributed by atoms with Crippen molar-refractivity contribution < 1.29 is 5.11 Å². The maximum Gasteiger partial charge on any atom is 0.259 e. The zero-order chi connectivity index (χ0) is 12.5. The number of hydrogen-bond acceptors (Lipinski definition) is 3. The molecule has 0 amide bonds. The SMILES string of the molecule is O=c1[nH]c(-c2ccc(O)cc2)nc2ccccc12. The number of benzene rings is 2. The molecular formula is C14H10N2O2. The Kier molecular flexibility index (Phi) is 2.34. The van der Waals surface area contributed by atoms with Crippen LogP contribution >= 0.6 is 0 Å². The van der Waals surface area contributed by atoms with Crippen molar-refractivity contribution in [2.75, 3.05) is 0 Å². The Balaban J connectivity index is 2.24. The van der Waals surface area contributed by atoms with Crippen LogP contribution in [0, 0.1) is 0 Å². The summed E-state index contributed by atoms with van der Waals surface area (Å²) < 4.78 is 0. The van der Waals surface area contributed by atoms with E-state index in [0.29, 0.717) is 16.7 Å². The summed E-state index contributed by atoms with van der Waals surface area (Å²) in [5.41, 5.74) is 1.25. The van der Waals surface area contributed by atoms with Gasteiger partial charge in [0, 0.05) is 5.56 Å². The van der Waals surface area contributed by atoms with Crippen molar-refractivity contribution in [3.8, 4) is 17.1 Å². The van der Waals surface area contributed by atoms with Crippen LogP contribution in [0.3, 0.4) is 0 Å². The topological polar surface area (TPSA) is 66.0 Å². The van der Waals surface area contributed by atoms with Gasteiger partial charge in [-0.1, -0.05) is 12.1 Å². The third-order valence-corrected chi connectivity index (χ3v) is 2.75. The summed E-state index contributed by atoms with van der Waals surface area (Å²) in [5, 5.41) is 9.81. The Labute approximate surface area is 103 Å². The van der Waals surface area contributed by atoms with Crippen molar-refractivity contribution in [3.63, 3.8) is 0 Å². The Hall–Kier alpha value is -2.62. The summed E-state index contributed by atoms with van der Waals surface area (Å²) in [4.78, 5) is 19.0. The normalized spacial score (nSPS) is 10.7. The first kappa shape index (κ1) is 10.5. The van der Waals surface area contributed by atoms with Crippen LogP contribution in [-0.4, -0.2) is 15.1 Å². The lowest BCUT2D eigenvalue weighted by atomic mass is 10.2. The van der Waals surface area contributed by atoms with Crippen molar-refractivity contribution in [1.29, 1.82) is 0 Å². The van der Waals surface area contributed by atoms with Gasteiger partial charge in [0.2, 0.25) is 0 Å². The molecule has 0 aliphatic heterocycles. The number of fused-ring (bicyclic) bond motifs is 1. The molecule has 18 heavy (non-hydrogen) atoms. The highest BCUT2D eigenvalue weighted by molar-refractivity contribution is 5.79. The number of phenols is 1. The van der Waals surface area contributed by atoms with Crippen LogP contribution in [-0.2, 0) is 0 Å². The number of H-pyrrole nitrogens is 1. The fourth-order valence-electron chi connectivity index (χ4n) is 1.84. The third kappa shape index (κ3) is 1.73. The Bertz CT molecular complexity index is 761. The zero-order valence-corrected chi connectivity index (χ0v) is 9.42. The molecule has 2 N–H and O–H groups in total. The van der Waals surface area contributed by atoms with E-state index in [1.54, 1.807) is 42.5 Å².